The molecule has 0 aliphatic heterocycles. The normalized spacial score (nSPS) is 14.6. The first-order chi connectivity index (χ1) is 4.34. The molecule has 0 bridgehead atoms. The molecule has 0 amide bonds. The van der Waals surface area contributed by atoms with E-state index in [1.54, 1.807) is 0 Å². The van der Waals surface area contributed by atoms with E-state index >= 15 is 0 Å². The molecule has 7 heteroatoms. The van der Waals surface area contributed by atoms with E-state index in [0.29, 0.717) is 0 Å². The lowest BCUT2D eigenvalue weighted by molar-refractivity contribution is -0.136. The predicted octanol–water partition coefficient (Wildman–Crippen LogP) is -0.0862. The fourth-order valence-corrected chi connectivity index (χ4v) is 0.728. The van der Waals surface area contributed by atoms with Crippen molar-refractivity contribution in [3.63, 3.8) is 0 Å². The SMILES string of the molecule is O=C(O)CC(Cl)S(=O)(=O)O. The average Bonchev–Trinajstić information content (AvgIpc) is 1.60. The molecule has 0 saturated heterocycles. The van der Waals surface area contributed by atoms with Gasteiger partial charge in [0.25, 0.3) is 10.1 Å². The third-order valence-corrected chi connectivity index (χ3v) is 2.30. The lowest BCUT2D eigenvalue weighted by Crippen LogP contribution is -2.17. The van der Waals surface area contributed by atoms with E-state index in [2.05, 4.69) is 0 Å². The first kappa shape index (κ1) is 9.67. The summed E-state index contributed by atoms with van der Waals surface area (Å²) in [5.41, 5.74) is 0. The van der Waals surface area contributed by atoms with Crippen molar-refractivity contribution in [2.24, 2.45) is 0 Å². The first-order valence-electron chi connectivity index (χ1n) is 2.16. The zero-order valence-corrected chi connectivity index (χ0v) is 6.26. The second-order valence-corrected chi connectivity index (χ2v) is 3.91. The number of carbonyl (C=O) groups is 1. The van der Waals surface area contributed by atoms with Gasteiger partial charge >= 0.3 is 5.97 Å². The van der Waals surface area contributed by atoms with Crippen LogP contribution in [-0.4, -0.2) is 28.8 Å². The number of hydrogen-bond acceptors (Lipinski definition) is 3. The van der Waals surface area contributed by atoms with Gasteiger partial charge < -0.3 is 5.11 Å². The molecule has 1 atom stereocenters. The Morgan fingerprint density at radius 2 is 2.00 bits per heavy atom. The second-order valence-electron chi connectivity index (χ2n) is 1.52. The van der Waals surface area contributed by atoms with Gasteiger partial charge in [-0.05, 0) is 0 Å². The van der Waals surface area contributed by atoms with Gasteiger partial charge in [0.2, 0.25) is 0 Å². The van der Waals surface area contributed by atoms with Gasteiger partial charge in [-0.2, -0.15) is 8.42 Å². The Bertz CT molecular complexity index is 219. The molecule has 0 aromatic carbocycles. The maximum Gasteiger partial charge on any atom is 0.306 e. The number of aliphatic carboxylic acids is 1. The summed E-state index contributed by atoms with van der Waals surface area (Å²) in [6.07, 6.45) is -0.805. The topological polar surface area (TPSA) is 91.7 Å². The van der Waals surface area contributed by atoms with Gasteiger partial charge in [0, 0.05) is 0 Å². The van der Waals surface area contributed by atoms with Crippen LogP contribution in [-0.2, 0) is 14.9 Å². The predicted molar refractivity (Wildman–Crippen MR) is 33.4 cm³/mol. The molecule has 10 heavy (non-hydrogen) atoms. The molecule has 1 unspecified atom stereocenters. The Balaban J connectivity index is 4.12. The maximum atomic E-state index is 10.0. The van der Waals surface area contributed by atoms with Gasteiger partial charge in [0.05, 0.1) is 6.42 Å². The van der Waals surface area contributed by atoms with Crippen molar-refractivity contribution >= 4 is 27.7 Å². The molecular weight excluding hydrogens is 184 g/mol. The smallest absolute Gasteiger partial charge is 0.306 e. The fourth-order valence-electron chi connectivity index (χ4n) is 0.243. The monoisotopic (exact) mass is 188 g/mol. The third kappa shape index (κ3) is 3.65. The Hall–Kier alpha value is -0.330. The molecule has 60 valence electrons. The Kier molecular flexibility index (Phi) is 3.07. The lowest BCUT2D eigenvalue weighted by atomic mass is 10.5. The average molecular weight is 189 g/mol. The second kappa shape index (κ2) is 3.18. The molecule has 0 aromatic heterocycles. The summed E-state index contributed by atoms with van der Waals surface area (Å²) in [6.45, 7) is 0. The number of carboxylic acid groups (broad SMARTS) is 1. The van der Waals surface area contributed by atoms with E-state index in [0.717, 1.165) is 0 Å². The minimum Gasteiger partial charge on any atom is -0.481 e. The number of carboxylic acids is 1. The van der Waals surface area contributed by atoms with Gasteiger partial charge in [-0.25, -0.2) is 0 Å². The highest BCUT2D eigenvalue weighted by atomic mass is 35.5. The molecule has 0 aliphatic rings. The summed E-state index contributed by atoms with van der Waals surface area (Å²) in [5.74, 6) is -1.38. The van der Waals surface area contributed by atoms with Crippen molar-refractivity contribution in [1.82, 2.24) is 0 Å². The first-order valence-corrected chi connectivity index (χ1v) is 4.10. The number of alkyl halides is 1. The summed E-state index contributed by atoms with van der Waals surface area (Å²) < 4.78 is 26.4. The molecular formula is C3H5ClO5S. The minimum atomic E-state index is -4.41. The Morgan fingerprint density at radius 1 is 1.60 bits per heavy atom. The third-order valence-electron chi connectivity index (χ3n) is 0.658. The highest BCUT2D eigenvalue weighted by molar-refractivity contribution is 7.87. The van der Waals surface area contributed by atoms with Crippen molar-refractivity contribution < 1.29 is 22.9 Å². The Labute approximate surface area is 62.4 Å². The van der Waals surface area contributed by atoms with Crippen molar-refractivity contribution in [2.75, 3.05) is 0 Å². The van der Waals surface area contributed by atoms with Crippen LogP contribution in [0, 0.1) is 0 Å². The van der Waals surface area contributed by atoms with Crippen LogP contribution in [0.4, 0.5) is 0 Å². The van der Waals surface area contributed by atoms with Crippen molar-refractivity contribution in [3.05, 3.63) is 0 Å². The molecule has 2 N–H and O–H groups in total. The van der Waals surface area contributed by atoms with Crippen LogP contribution in [0.15, 0.2) is 0 Å². The van der Waals surface area contributed by atoms with Crippen molar-refractivity contribution in [1.29, 1.82) is 0 Å². The van der Waals surface area contributed by atoms with Crippen LogP contribution in [0.5, 0.6) is 0 Å². The summed E-state index contributed by atoms with van der Waals surface area (Å²) >= 11 is 4.93. The number of halogens is 1. The highest BCUT2D eigenvalue weighted by Gasteiger charge is 2.22. The van der Waals surface area contributed by atoms with Crippen LogP contribution in [0.2, 0.25) is 0 Å². The van der Waals surface area contributed by atoms with Crippen LogP contribution in [0.25, 0.3) is 0 Å². The van der Waals surface area contributed by atoms with E-state index in [4.69, 9.17) is 21.3 Å². The van der Waals surface area contributed by atoms with Gasteiger partial charge in [-0.1, -0.05) is 0 Å². The maximum absolute atomic E-state index is 10.0. The van der Waals surface area contributed by atoms with E-state index in [-0.39, 0.29) is 0 Å². The molecule has 0 fully saturated rings. The van der Waals surface area contributed by atoms with E-state index < -0.39 is 27.2 Å². The lowest BCUT2D eigenvalue weighted by Gasteiger charge is -1.99. The van der Waals surface area contributed by atoms with Crippen LogP contribution in [0.3, 0.4) is 0 Å². The molecule has 0 aliphatic carbocycles. The van der Waals surface area contributed by atoms with Gasteiger partial charge in [-0.3, -0.25) is 9.35 Å². The van der Waals surface area contributed by atoms with Crippen molar-refractivity contribution in [3.8, 4) is 0 Å². The summed E-state index contributed by atoms with van der Waals surface area (Å²) in [7, 11) is -4.41. The zero-order valence-electron chi connectivity index (χ0n) is 4.69. The standard InChI is InChI=1S/C3H5ClO5S/c4-2(1-3(5)6)10(7,8)9/h2H,1H2,(H,5,6)(H,7,8,9). The number of rotatable bonds is 3. The quantitative estimate of drug-likeness (QED) is 0.477. The summed E-state index contributed by atoms with van der Waals surface area (Å²) in [6, 6.07) is 0. The molecule has 5 nitrogen and oxygen atoms in total. The molecule has 0 rings (SSSR count). The van der Waals surface area contributed by atoms with Crippen LogP contribution >= 0.6 is 11.6 Å². The van der Waals surface area contributed by atoms with Crippen LogP contribution < -0.4 is 0 Å². The van der Waals surface area contributed by atoms with E-state index in [9.17, 15) is 13.2 Å². The van der Waals surface area contributed by atoms with E-state index in [1.807, 2.05) is 0 Å². The zero-order chi connectivity index (χ0) is 8.36. The van der Waals surface area contributed by atoms with Gasteiger partial charge in [-0.15, -0.1) is 11.6 Å². The molecule has 0 radical (unpaired) electrons. The van der Waals surface area contributed by atoms with Gasteiger partial charge in [0.15, 0.2) is 4.71 Å². The summed E-state index contributed by atoms with van der Waals surface area (Å²) in [5, 5.41) is 7.99. The molecule has 0 spiro atoms. The van der Waals surface area contributed by atoms with Crippen molar-refractivity contribution in [2.45, 2.75) is 11.1 Å². The van der Waals surface area contributed by atoms with E-state index in [1.165, 1.54) is 0 Å². The summed E-state index contributed by atoms with van der Waals surface area (Å²) in [4.78, 5) is 9.80. The fraction of sp³-hybridized carbons (Fsp3) is 0.667. The number of hydrogen-bond donors (Lipinski definition) is 2. The highest BCUT2D eigenvalue weighted by Crippen LogP contribution is 2.08. The largest absolute Gasteiger partial charge is 0.481 e. The van der Waals surface area contributed by atoms with Gasteiger partial charge in [0.1, 0.15) is 0 Å². The molecule has 0 saturated carbocycles. The minimum absolute atomic E-state index is 0.805. The molecule has 0 heterocycles. The Morgan fingerprint density at radius 3 is 2.10 bits per heavy atom. The van der Waals surface area contributed by atoms with Crippen LogP contribution in [0.1, 0.15) is 6.42 Å². The molecule has 0 aromatic rings.